The Morgan fingerprint density at radius 1 is 1.29 bits per heavy atom. The van der Waals surface area contributed by atoms with Crippen molar-refractivity contribution >= 4 is 0 Å². The summed E-state index contributed by atoms with van der Waals surface area (Å²) in [7, 11) is 0. The van der Waals surface area contributed by atoms with Crippen LogP contribution in [-0.2, 0) is 4.74 Å². The Bertz CT molecular complexity index is 319. The van der Waals surface area contributed by atoms with Crippen molar-refractivity contribution in [3.05, 3.63) is 0 Å². The van der Waals surface area contributed by atoms with E-state index in [1.807, 2.05) is 0 Å². The number of nitrogens with zero attached hydrogens (tertiary/aromatic N) is 1. The van der Waals surface area contributed by atoms with Gasteiger partial charge in [0.2, 0.25) is 0 Å². The molecule has 1 heterocycles. The zero-order valence-corrected chi connectivity index (χ0v) is 13.0. The predicted octanol–water partition coefficient (Wildman–Crippen LogP) is 2.66. The highest BCUT2D eigenvalue weighted by molar-refractivity contribution is 4.95. The molecule has 0 spiro atoms. The van der Waals surface area contributed by atoms with Crippen LogP contribution < -0.4 is 5.32 Å². The Morgan fingerprint density at radius 2 is 2.00 bits per heavy atom. The van der Waals surface area contributed by atoms with Crippen LogP contribution in [0.25, 0.3) is 0 Å². The Labute approximate surface area is 125 Å². The lowest BCUT2D eigenvalue weighted by Gasteiger charge is -2.41. The number of hydrogen-bond acceptors (Lipinski definition) is 3. The minimum Gasteiger partial charge on any atom is -0.371 e. The van der Waals surface area contributed by atoms with Gasteiger partial charge in [-0.2, -0.15) is 13.2 Å². The molecule has 3 nitrogen and oxygen atoms in total. The fraction of sp³-hybridized carbons (Fsp3) is 1.00. The van der Waals surface area contributed by atoms with Crippen molar-refractivity contribution in [2.75, 3.05) is 32.8 Å². The zero-order valence-electron chi connectivity index (χ0n) is 13.0. The molecule has 21 heavy (non-hydrogen) atoms. The summed E-state index contributed by atoms with van der Waals surface area (Å²) < 4.78 is 41.1. The Kier molecular flexibility index (Phi) is 5.91. The molecule has 1 saturated carbocycles. The quantitative estimate of drug-likeness (QED) is 0.732. The highest BCUT2D eigenvalue weighted by atomic mass is 19.4. The predicted molar refractivity (Wildman–Crippen MR) is 76.2 cm³/mol. The summed E-state index contributed by atoms with van der Waals surface area (Å²) in [6, 6.07) is 0.922. The van der Waals surface area contributed by atoms with Crippen LogP contribution in [0.5, 0.6) is 0 Å². The van der Waals surface area contributed by atoms with Crippen molar-refractivity contribution < 1.29 is 17.9 Å². The van der Waals surface area contributed by atoms with Crippen molar-refractivity contribution in [3.63, 3.8) is 0 Å². The number of alkyl halides is 3. The first-order chi connectivity index (χ1) is 9.85. The van der Waals surface area contributed by atoms with Gasteiger partial charge >= 0.3 is 6.18 Å². The Balaban J connectivity index is 1.77. The van der Waals surface area contributed by atoms with Crippen molar-refractivity contribution in [2.24, 2.45) is 11.8 Å². The molecule has 6 heteroatoms. The maximum Gasteiger partial charge on any atom is 0.411 e. The Hall–Kier alpha value is -0.330. The minimum atomic E-state index is -4.22. The second-order valence-corrected chi connectivity index (χ2v) is 6.80. The van der Waals surface area contributed by atoms with E-state index in [9.17, 15) is 13.2 Å². The van der Waals surface area contributed by atoms with Crippen LogP contribution in [0.2, 0.25) is 0 Å². The summed E-state index contributed by atoms with van der Waals surface area (Å²) in [5.41, 5.74) is 0. The fourth-order valence-electron chi connectivity index (χ4n) is 3.20. The summed E-state index contributed by atoms with van der Waals surface area (Å²) >= 11 is 0. The summed E-state index contributed by atoms with van der Waals surface area (Å²) in [6.07, 6.45) is -0.612. The smallest absolute Gasteiger partial charge is 0.371 e. The van der Waals surface area contributed by atoms with Gasteiger partial charge in [-0.1, -0.05) is 13.8 Å². The molecular formula is C15H27F3N2O. The summed E-state index contributed by atoms with van der Waals surface area (Å²) in [5, 5.41) is 3.60. The van der Waals surface area contributed by atoms with Gasteiger partial charge in [0.1, 0.15) is 6.61 Å². The molecule has 1 saturated heterocycles. The number of nitrogens with one attached hydrogen (secondary N) is 1. The summed E-state index contributed by atoms with van der Waals surface area (Å²) in [5.74, 6) is 1.35. The number of rotatable bonds is 7. The SMILES string of the molecule is CC(C)CC1CN(CCOCC(F)(F)F)C(C2CC2)CN1. The lowest BCUT2D eigenvalue weighted by atomic mass is 9.98. The molecule has 0 aromatic carbocycles. The van der Waals surface area contributed by atoms with Crippen LogP contribution >= 0.6 is 0 Å². The second kappa shape index (κ2) is 7.29. The van der Waals surface area contributed by atoms with Gasteiger partial charge in [0.25, 0.3) is 0 Å². The molecule has 2 aliphatic rings. The number of hydrogen-bond donors (Lipinski definition) is 1. The van der Waals surface area contributed by atoms with Gasteiger partial charge in [-0.15, -0.1) is 0 Å². The largest absolute Gasteiger partial charge is 0.411 e. The first kappa shape index (κ1) is 17.0. The second-order valence-electron chi connectivity index (χ2n) is 6.80. The molecular weight excluding hydrogens is 281 g/mol. The zero-order chi connectivity index (χ0) is 15.5. The van der Waals surface area contributed by atoms with E-state index >= 15 is 0 Å². The maximum absolute atomic E-state index is 12.1. The van der Waals surface area contributed by atoms with Gasteiger partial charge in [-0.25, -0.2) is 0 Å². The fourth-order valence-corrected chi connectivity index (χ4v) is 3.20. The van der Waals surface area contributed by atoms with E-state index < -0.39 is 12.8 Å². The highest BCUT2D eigenvalue weighted by Gasteiger charge is 2.38. The van der Waals surface area contributed by atoms with Crippen LogP contribution in [0.3, 0.4) is 0 Å². The van der Waals surface area contributed by atoms with E-state index in [1.54, 1.807) is 0 Å². The van der Waals surface area contributed by atoms with E-state index in [-0.39, 0.29) is 6.61 Å². The number of piperazine rings is 1. The third-order valence-corrected chi connectivity index (χ3v) is 4.25. The molecule has 0 aromatic heterocycles. The van der Waals surface area contributed by atoms with Crippen LogP contribution in [0.1, 0.15) is 33.1 Å². The average molecular weight is 308 g/mol. The van der Waals surface area contributed by atoms with Crippen molar-refractivity contribution in [3.8, 4) is 0 Å². The van der Waals surface area contributed by atoms with Gasteiger partial charge in [-0.05, 0) is 31.1 Å². The van der Waals surface area contributed by atoms with Crippen LogP contribution in [0, 0.1) is 11.8 Å². The van der Waals surface area contributed by atoms with Gasteiger partial charge in [-0.3, -0.25) is 4.90 Å². The summed E-state index contributed by atoms with van der Waals surface area (Å²) in [4.78, 5) is 2.34. The van der Waals surface area contributed by atoms with Gasteiger partial charge in [0, 0.05) is 31.7 Å². The van der Waals surface area contributed by atoms with Crippen LogP contribution in [0.15, 0.2) is 0 Å². The molecule has 2 rings (SSSR count). The molecule has 0 bridgehead atoms. The number of halogens is 3. The van der Waals surface area contributed by atoms with Crippen molar-refractivity contribution in [1.29, 1.82) is 0 Å². The van der Waals surface area contributed by atoms with E-state index in [1.165, 1.54) is 12.8 Å². The van der Waals surface area contributed by atoms with E-state index in [0.29, 0.717) is 24.5 Å². The lowest BCUT2D eigenvalue weighted by Crippen LogP contribution is -2.58. The maximum atomic E-state index is 12.1. The first-order valence-electron chi connectivity index (χ1n) is 7.97. The normalized spacial score (nSPS) is 28.3. The summed E-state index contributed by atoms with van der Waals surface area (Å²) in [6.45, 7) is 5.92. The highest BCUT2D eigenvalue weighted by Crippen LogP contribution is 2.36. The Morgan fingerprint density at radius 3 is 2.57 bits per heavy atom. The lowest BCUT2D eigenvalue weighted by molar-refractivity contribution is -0.175. The van der Waals surface area contributed by atoms with Gasteiger partial charge in [0.15, 0.2) is 0 Å². The van der Waals surface area contributed by atoms with E-state index in [0.717, 1.165) is 25.4 Å². The van der Waals surface area contributed by atoms with Crippen molar-refractivity contribution in [1.82, 2.24) is 10.2 Å². The third kappa shape index (κ3) is 6.12. The van der Waals surface area contributed by atoms with Crippen LogP contribution in [-0.4, -0.2) is 56.0 Å². The molecule has 2 fully saturated rings. The third-order valence-electron chi connectivity index (χ3n) is 4.25. The van der Waals surface area contributed by atoms with E-state index in [2.05, 4.69) is 24.1 Å². The molecule has 1 N–H and O–H groups in total. The standard InChI is InChI=1S/C15H27F3N2O/c1-11(2)7-13-9-20(5-6-21-10-15(16,17)18)14(8-19-13)12-3-4-12/h11-14,19H,3-10H2,1-2H3. The molecule has 124 valence electrons. The first-order valence-corrected chi connectivity index (χ1v) is 7.97. The molecule has 0 aromatic rings. The monoisotopic (exact) mass is 308 g/mol. The van der Waals surface area contributed by atoms with Crippen molar-refractivity contribution in [2.45, 2.75) is 51.4 Å². The molecule has 1 aliphatic carbocycles. The van der Waals surface area contributed by atoms with Gasteiger partial charge in [0.05, 0.1) is 6.61 Å². The number of ether oxygens (including phenoxy) is 1. The topological polar surface area (TPSA) is 24.5 Å². The minimum absolute atomic E-state index is 0.164. The molecule has 2 unspecified atom stereocenters. The molecule has 1 aliphatic heterocycles. The molecule has 0 radical (unpaired) electrons. The molecule has 2 atom stereocenters. The van der Waals surface area contributed by atoms with Crippen LogP contribution in [0.4, 0.5) is 13.2 Å². The van der Waals surface area contributed by atoms with Gasteiger partial charge < -0.3 is 10.1 Å². The average Bonchev–Trinajstić information content (AvgIpc) is 3.17. The molecule has 0 amide bonds. The van der Waals surface area contributed by atoms with E-state index in [4.69, 9.17) is 4.74 Å².